The van der Waals surface area contributed by atoms with E-state index in [9.17, 15) is 4.79 Å². The number of anilines is 1. The summed E-state index contributed by atoms with van der Waals surface area (Å²) in [6.45, 7) is 3.16. The number of hydrogen-bond acceptors (Lipinski definition) is 4. The molecule has 0 unspecified atom stereocenters. The van der Waals surface area contributed by atoms with Gasteiger partial charge >= 0.3 is 5.97 Å². The van der Waals surface area contributed by atoms with Crippen LogP contribution in [0.3, 0.4) is 0 Å². The van der Waals surface area contributed by atoms with Gasteiger partial charge in [0.1, 0.15) is 5.75 Å². The van der Waals surface area contributed by atoms with E-state index in [4.69, 9.17) is 4.74 Å². The maximum atomic E-state index is 10.9. The van der Waals surface area contributed by atoms with E-state index in [0.29, 0.717) is 5.75 Å². The van der Waals surface area contributed by atoms with Crippen molar-refractivity contribution >= 4 is 11.7 Å². The molecule has 0 saturated heterocycles. The number of nitrogens with one attached hydrogen (secondary N) is 1. The van der Waals surface area contributed by atoms with Crippen LogP contribution in [-0.4, -0.2) is 26.2 Å². The lowest BCUT2D eigenvalue weighted by molar-refractivity contribution is -0.142. The van der Waals surface area contributed by atoms with Crippen molar-refractivity contribution in [2.45, 2.75) is 39.0 Å². The first-order valence-electron chi connectivity index (χ1n) is 7.29. The lowest BCUT2D eigenvalue weighted by atomic mass is 10.1. The summed E-state index contributed by atoms with van der Waals surface area (Å²) in [4.78, 5) is 10.9. The van der Waals surface area contributed by atoms with Crippen LogP contribution in [0.15, 0.2) is 24.3 Å². The second-order valence-electron chi connectivity index (χ2n) is 4.73. The molecular formula is C16H25NO3. The lowest BCUT2D eigenvalue weighted by Gasteiger charge is -2.08. The number of hydrogen-bond donors (Lipinski definition) is 1. The predicted molar refractivity (Wildman–Crippen MR) is 81.2 cm³/mol. The molecule has 1 aromatic carbocycles. The smallest absolute Gasteiger partial charge is 0.343 e. The Morgan fingerprint density at radius 3 is 2.45 bits per heavy atom. The summed E-state index contributed by atoms with van der Waals surface area (Å²) in [5, 5.41) is 3.38. The largest absolute Gasteiger partial charge is 0.482 e. The number of benzene rings is 1. The molecule has 0 spiro atoms. The van der Waals surface area contributed by atoms with E-state index in [1.54, 1.807) is 0 Å². The molecule has 1 aromatic rings. The zero-order chi connectivity index (χ0) is 14.6. The molecule has 20 heavy (non-hydrogen) atoms. The Labute approximate surface area is 121 Å². The lowest BCUT2D eigenvalue weighted by Crippen LogP contribution is -2.12. The standard InChI is InChI=1S/C16H25NO3/c1-3-4-5-6-7-12-17-14-8-10-15(11-9-14)20-13-16(18)19-2/h8-11,17H,3-7,12-13H2,1-2H3. The van der Waals surface area contributed by atoms with Crippen LogP contribution in [-0.2, 0) is 9.53 Å². The topological polar surface area (TPSA) is 47.6 Å². The monoisotopic (exact) mass is 279 g/mol. The van der Waals surface area contributed by atoms with Gasteiger partial charge in [-0.3, -0.25) is 0 Å². The highest BCUT2D eigenvalue weighted by Gasteiger charge is 2.01. The van der Waals surface area contributed by atoms with Crippen molar-refractivity contribution in [1.29, 1.82) is 0 Å². The van der Waals surface area contributed by atoms with Crippen LogP contribution in [0.1, 0.15) is 39.0 Å². The molecule has 4 nitrogen and oxygen atoms in total. The SMILES string of the molecule is CCCCCCCNc1ccc(OCC(=O)OC)cc1. The molecule has 0 aliphatic heterocycles. The van der Waals surface area contributed by atoms with Gasteiger partial charge in [0.2, 0.25) is 0 Å². The van der Waals surface area contributed by atoms with E-state index in [-0.39, 0.29) is 12.6 Å². The van der Waals surface area contributed by atoms with Crippen molar-refractivity contribution in [2.75, 3.05) is 25.6 Å². The van der Waals surface area contributed by atoms with Crippen molar-refractivity contribution in [3.05, 3.63) is 24.3 Å². The second kappa shape index (κ2) is 10.1. The quantitative estimate of drug-likeness (QED) is 0.525. The van der Waals surface area contributed by atoms with Crippen LogP contribution < -0.4 is 10.1 Å². The fraction of sp³-hybridized carbons (Fsp3) is 0.562. The zero-order valence-corrected chi connectivity index (χ0v) is 12.5. The summed E-state index contributed by atoms with van der Waals surface area (Å²) in [6, 6.07) is 7.61. The Morgan fingerprint density at radius 2 is 1.80 bits per heavy atom. The Morgan fingerprint density at radius 1 is 1.10 bits per heavy atom. The van der Waals surface area contributed by atoms with Crippen LogP contribution >= 0.6 is 0 Å². The molecule has 0 radical (unpaired) electrons. The van der Waals surface area contributed by atoms with Crippen LogP contribution in [0, 0.1) is 0 Å². The third-order valence-electron chi connectivity index (χ3n) is 3.05. The third-order valence-corrected chi connectivity index (χ3v) is 3.05. The predicted octanol–water partition coefficient (Wildman–Crippen LogP) is 3.62. The van der Waals surface area contributed by atoms with Gasteiger partial charge in [0.25, 0.3) is 0 Å². The molecular weight excluding hydrogens is 254 g/mol. The minimum Gasteiger partial charge on any atom is -0.482 e. The third kappa shape index (κ3) is 7.02. The molecule has 0 atom stereocenters. The van der Waals surface area contributed by atoms with Crippen molar-refractivity contribution < 1.29 is 14.3 Å². The molecule has 112 valence electrons. The van der Waals surface area contributed by atoms with Crippen molar-refractivity contribution in [1.82, 2.24) is 0 Å². The average Bonchev–Trinajstić information content (AvgIpc) is 2.49. The molecule has 0 fully saturated rings. The molecule has 4 heteroatoms. The highest BCUT2D eigenvalue weighted by molar-refractivity contribution is 5.70. The van der Waals surface area contributed by atoms with Gasteiger partial charge in [-0.05, 0) is 30.7 Å². The van der Waals surface area contributed by atoms with Crippen molar-refractivity contribution in [3.8, 4) is 5.75 Å². The molecule has 0 bridgehead atoms. The fourth-order valence-corrected chi connectivity index (χ4v) is 1.83. The van der Waals surface area contributed by atoms with E-state index in [1.807, 2.05) is 24.3 Å². The van der Waals surface area contributed by atoms with Crippen molar-refractivity contribution in [3.63, 3.8) is 0 Å². The number of ether oxygens (including phenoxy) is 2. The molecule has 0 aromatic heterocycles. The first kappa shape index (κ1) is 16.3. The Hall–Kier alpha value is -1.71. The molecule has 0 aliphatic rings. The summed E-state index contributed by atoms with van der Waals surface area (Å²) in [5.74, 6) is 0.295. The van der Waals surface area contributed by atoms with E-state index in [2.05, 4.69) is 17.0 Å². The van der Waals surface area contributed by atoms with Gasteiger partial charge in [0.15, 0.2) is 6.61 Å². The molecule has 1 rings (SSSR count). The van der Waals surface area contributed by atoms with E-state index in [1.165, 1.54) is 39.2 Å². The number of rotatable bonds is 10. The maximum Gasteiger partial charge on any atom is 0.343 e. The van der Waals surface area contributed by atoms with Gasteiger partial charge in [0.05, 0.1) is 7.11 Å². The Bertz CT molecular complexity index is 376. The number of carbonyl (C=O) groups is 1. The molecule has 0 heterocycles. The highest BCUT2D eigenvalue weighted by atomic mass is 16.6. The first-order valence-corrected chi connectivity index (χ1v) is 7.29. The number of unbranched alkanes of at least 4 members (excludes halogenated alkanes) is 4. The van der Waals surface area contributed by atoms with Gasteiger partial charge in [-0.1, -0.05) is 32.6 Å². The number of esters is 1. The normalized spacial score (nSPS) is 10.1. The molecule has 0 amide bonds. The van der Waals surface area contributed by atoms with Crippen molar-refractivity contribution in [2.24, 2.45) is 0 Å². The summed E-state index contributed by atoms with van der Waals surface area (Å²) >= 11 is 0. The fourth-order valence-electron chi connectivity index (χ4n) is 1.83. The van der Waals surface area contributed by atoms with Gasteiger partial charge in [-0.15, -0.1) is 0 Å². The number of methoxy groups -OCH3 is 1. The minimum absolute atomic E-state index is 0.0549. The summed E-state index contributed by atoms with van der Waals surface area (Å²) < 4.78 is 9.79. The highest BCUT2D eigenvalue weighted by Crippen LogP contribution is 2.16. The molecule has 0 saturated carbocycles. The maximum absolute atomic E-state index is 10.9. The van der Waals surface area contributed by atoms with E-state index >= 15 is 0 Å². The van der Waals surface area contributed by atoms with Gasteiger partial charge in [-0.25, -0.2) is 4.79 Å². The summed E-state index contributed by atoms with van der Waals surface area (Å²) in [7, 11) is 1.35. The van der Waals surface area contributed by atoms with Crippen LogP contribution in [0.4, 0.5) is 5.69 Å². The summed E-state index contributed by atoms with van der Waals surface area (Å²) in [6.07, 6.45) is 6.40. The van der Waals surface area contributed by atoms with Crippen LogP contribution in [0.2, 0.25) is 0 Å². The first-order chi connectivity index (χ1) is 9.76. The van der Waals surface area contributed by atoms with Gasteiger partial charge in [0, 0.05) is 12.2 Å². The zero-order valence-electron chi connectivity index (χ0n) is 12.5. The number of carbonyl (C=O) groups excluding carboxylic acids is 1. The van der Waals surface area contributed by atoms with Gasteiger partial charge in [-0.2, -0.15) is 0 Å². The molecule has 0 aliphatic carbocycles. The van der Waals surface area contributed by atoms with E-state index < -0.39 is 0 Å². The van der Waals surface area contributed by atoms with E-state index in [0.717, 1.165) is 12.2 Å². The van der Waals surface area contributed by atoms with Gasteiger partial charge < -0.3 is 14.8 Å². The summed E-state index contributed by atoms with van der Waals surface area (Å²) in [5.41, 5.74) is 1.07. The molecule has 1 N–H and O–H groups in total. The second-order valence-corrected chi connectivity index (χ2v) is 4.73. The Kier molecular flexibility index (Phi) is 8.27. The minimum atomic E-state index is -0.376. The Balaban J connectivity index is 2.19. The van der Waals surface area contributed by atoms with Crippen LogP contribution in [0.25, 0.3) is 0 Å². The average molecular weight is 279 g/mol. The van der Waals surface area contributed by atoms with Crippen LogP contribution in [0.5, 0.6) is 5.75 Å².